The fourth-order valence-corrected chi connectivity index (χ4v) is 2.25. The van der Waals surface area contributed by atoms with Crippen LogP contribution in [0, 0.1) is 0 Å². The van der Waals surface area contributed by atoms with Crippen molar-refractivity contribution in [1.82, 2.24) is 10.2 Å². The van der Waals surface area contributed by atoms with Gasteiger partial charge in [0.25, 0.3) is 0 Å². The Morgan fingerprint density at radius 3 is 2.52 bits per heavy atom. The van der Waals surface area contributed by atoms with Crippen molar-refractivity contribution in [3.63, 3.8) is 0 Å². The maximum atomic E-state index is 5.78. The molecule has 0 rings (SSSR count). The topological polar surface area (TPSA) is 72.1 Å². The Balaban J connectivity index is 4.43. The highest BCUT2D eigenvalue weighted by Crippen LogP contribution is 2.07. The SMILES string of the molecule is C=C(NCN(COCC[Si](C)(C)C)/C(CN)=N\CC)OC. The van der Waals surface area contributed by atoms with Crippen LogP contribution in [0.5, 0.6) is 0 Å². The summed E-state index contributed by atoms with van der Waals surface area (Å²) in [6.07, 6.45) is 0. The second-order valence-corrected chi connectivity index (χ2v) is 11.6. The van der Waals surface area contributed by atoms with E-state index in [0.717, 1.165) is 18.5 Å². The van der Waals surface area contributed by atoms with Crippen LogP contribution in [0.1, 0.15) is 6.92 Å². The van der Waals surface area contributed by atoms with Crippen molar-refractivity contribution < 1.29 is 9.47 Å². The summed E-state index contributed by atoms with van der Waals surface area (Å²) in [5.41, 5.74) is 5.77. The van der Waals surface area contributed by atoms with E-state index in [2.05, 4.69) is 36.5 Å². The number of methoxy groups -OCH3 is 1. The highest BCUT2D eigenvalue weighted by Gasteiger charge is 2.14. The van der Waals surface area contributed by atoms with Gasteiger partial charge < -0.3 is 25.4 Å². The van der Waals surface area contributed by atoms with Crippen molar-refractivity contribution in [3.8, 4) is 0 Å². The molecule has 0 spiro atoms. The van der Waals surface area contributed by atoms with Crippen molar-refractivity contribution in [2.75, 3.05) is 40.2 Å². The molecule has 0 aliphatic carbocycles. The van der Waals surface area contributed by atoms with E-state index in [1.165, 1.54) is 0 Å². The summed E-state index contributed by atoms with van der Waals surface area (Å²) < 4.78 is 10.8. The molecule has 0 saturated carbocycles. The van der Waals surface area contributed by atoms with Crippen LogP contribution in [-0.4, -0.2) is 59.0 Å². The Kier molecular flexibility index (Phi) is 10.1. The molecule has 0 saturated heterocycles. The highest BCUT2D eigenvalue weighted by atomic mass is 28.3. The molecule has 7 heteroatoms. The molecule has 6 nitrogen and oxygen atoms in total. The summed E-state index contributed by atoms with van der Waals surface area (Å²) in [6.45, 7) is 15.5. The first kappa shape index (κ1) is 19.9. The van der Waals surface area contributed by atoms with Gasteiger partial charge in [-0.15, -0.1) is 0 Å². The van der Waals surface area contributed by atoms with Gasteiger partial charge in [-0.25, -0.2) is 0 Å². The highest BCUT2D eigenvalue weighted by molar-refractivity contribution is 6.76. The minimum atomic E-state index is -1.07. The number of nitrogens with zero attached hydrogens (tertiary/aromatic N) is 2. The third-order valence-electron chi connectivity index (χ3n) is 2.85. The molecular formula is C14H32N4O2Si. The van der Waals surface area contributed by atoms with E-state index in [0.29, 0.717) is 32.4 Å². The molecule has 0 bridgehead atoms. The largest absolute Gasteiger partial charge is 0.483 e. The van der Waals surface area contributed by atoms with E-state index < -0.39 is 8.07 Å². The van der Waals surface area contributed by atoms with Gasteiger partial charge in [0, 0.05) is 21.2 Å². The van der Waals surface area contributed by atoms with E-state index in [9.17, 15) is 0 Å². The monoisotopic (exact) mass is 316 g/mol. The summed E-state index contributed by atoms with van der Waals surface area (Å²) in [7, 11) is 0.507. The van der Waals surface area contributed by atoms with Crippen LogP contribution in [0.15, 0.2) is 17.5 Å². The molecule has 0 fully saturated rings. The van der Waals surface area contributed by atoms with E-state index in [1.54, 1.807) is 7.11 Å². The molecule has 124 valence electrons. The average molecular weight is 317 g/mol. The average Bonchev–Trinajstić information content (AvgIpc) is 2.42. The minimum absolute atomic E-state index is 0.381. The molecule has 0 aromatic rings. The van der Waals surface area contributed by atoms with Crippen LogP contribution in [0.3, 0.4) is 0 Å². The molecule has 0 aromatic carbocycles. The van der Waals surface area contributed by atoms with E-state index in [1.807, 2.05) is 11.8 Å². The van der Waals surface area contributed by atoms with E-state index >= 15 is 0 Å². The molecule has 0 heterocycles. The van der Waals surface area contributed by atoms with Crippen LogP contribution in [0.2, 0.25) is 25.7 Å². The molecular weight excluding hydrogens is 284 g/mol. The number of rotatable bonds is 11. The Morgan fingerprint density at radius 1 is 1.38 bits per heavy atom. The van der Waals surface area contributed by atoms with Gasteiger partial charge in [-0.1, -0.05) is 19.6 Å². The summed E-state index contributed by atoms with van der Waals surface area (Å²) in [4.78, 5) is 6.38. The third-order valence-corrected chi connectivity index (χ3v) is 4.55. The second-order valence-electron chi connectivity index (χ2n) is 5.94. The first-order valence-electron chi connectivity index (χ1n) is 7.37. The zero-order valence-electron chi connectivity index (χ0n) is 14.2. The third kappa shape index (κ3) is 10.3. The zero-order chi connectivity index (χ0) is 16.3. The molecule has 0 unspecified atom stereocenters. The fraction of sp³-hybridized carbons (Fsp3) is 0.786. The fourth-order valence-electron chi connectivity index (χ4n) is 1.50. The van der Waals surface area contributed by atoms with Crippen LogP contribution < -0.4 is 11.1 Å². The van der Waals surface area contributed by atoms with Gasteiger partial charge in [-0.05, 0) is 19.5 Å². The van der Waals surface area contributed by atoms with Crippen LogP contribution in [-0.2, 0) is 9.47 Å². The molecule has 3 N–H and O–H groups in total. The normalized spacial score (nSPS) is 12.2. The molecule has 0 atom stereocenters. The summed E-state index contributed by atoms with van der Waals surface area (Å²) in [6, 6.07) is 1.14. The first-order chi connectivity index (χ1) is 9.84. The number of hydrogen-bond donors (Lipinski definition) is 2. The Hall–Kier alpha value is -1.05. The molecule has 0 aliphatic heterocycles. The van der Waals surface area contributed by atoms with E-state index in [4.69, 9.17) is 15.2 Å². The number of nitrogens with two attached hydrogens (primary N) is 1. The Labute approximate surface area is 130 Å². The first-order valence-corrected chi connectivity index (χ1v) is 11.1. The predicted molar refractivity (Wildman–Crippen MR) is 92.0 cm³/mol. The summed E-state index contributed by atoms with van der Waals surface area (Å²) >= 11 is 0. The lowest BCUT2D eigenvalue weighted by atomic mass is 10.5. The number of hydrogen-bond acceptors (Lipinski definition) is 5. The van der Waals surface area contributed by atoms with Crippen LogP contribution >= 0.6 is 0 Å². The molecule has 0 radical (unpaired) electrons. The predicted octanol–water partition coefficient (Wildman–Crippen LogP) is 1.64. The van der Waals surface area contributed by atoms with Gasteiger partial charge in [-0.2, -0.15) is 0 Å². The molecule has 0 amide bonds. The zero-order valence-corrected chi connectivity index (χ0v) is 15.2. The smallest absolute Gasteiger partial charge is 0.180 e. The number of aliphatic imine (C=N–C) groups is 1. The summed E-state index contributed by atoms with van der Waals surface area (Å²) in [5.74, 6) is 1.33. The van der Waals surface area contributed by atoms with Gasteiger partial charge in [0.2, 0.25) is 0 Å². The van der Waals surface area contributed by atoms with Crippen molar-refractivity contribution in [2.24, 2.45) is 10.7 Å². The van der Waals surface area contributed by atoms with Crippen molar-refractivity contribution in [1.29, 1.82) is 0 Å². The lowest BCUT2D eigenvalue weighted by Crippen LogP contribution is -2.43. The van der Waals surface area contributed by atoms with Gasteiger partial charge in [0.1, 0.15) is 12.6 Å². The second kappa shape index (κ2) is 10.6. The number of nitrogens with one attached hydrogen (secondary N) is 1. The molecule has 0 aromatic heterocycles. The van der Waals surface area contributed by atoms with Gasteiger partial charge >= 0.3 is 0 Å². The van der Waals surface area contributed by atoms with E-state index in [-0.39, 0.29) is 0 Å². The molecule has 21 heavy (non-hydrogen) atoms. The van der Waals surface area contributed by atoms with Crippen molar-refractivity contribution >= 4 is 13.9 Å². The van der Waals surface area contributed by atoms with Gasteiger partial charge in [0.15, 0.2) is 5.88 Å². The van der Waals surface area contributed by atoms with Gasteiger partial charge in [-0.3, -0.25) is 4.99 Å². The van der Waals surface area contributed by atoms with Crippen molar-refractivity contribution in [3.05, 3.63) is 12.5 Å². The minimum Gasteiger partial charge on any atom is -0.483 e. The number of ether oxygens (including phenoxy) is 2. The van der Waals surface area contributed by atoms with Crippen LogP contribution in [0.4, 0.5) is 0 Å². The Bertz CT molecular complexity index is 329. The maximum absolute atomic E-state index is 5.78. The standard InChI is InChI=1S/C14H32N4O2Si/c1-7-16-14(10-15)18(11-17-13(2)19-3)12-20-8-9-21(4,5)6/h17H,2,7-12,15H2,1,3-6H3/b16-14-. The van der Waals surface area contributed by atoms with Crippen molar-refractivity contribution in [2.45, 2.75) is 32.6 Å². The van der Waals surface area contributed by atoms with Crippen LogP contribution in [0.25, 0.3) is 0 Å². The quantitative estimate of drug-likeness (QED) is 0.151. The molecule has 0 aliphatic rings. The van der Waals surface area contributed by atoms with Gasteiger partial charge in [0.05, 0.1) is 20.3 Å². The maximum Gasteiger partial charge on any atom is 0.180 e. The lowest BCUT2D eigenvalue weighted by molar-refractivity contribution is 0.0674. The summed E-state index contributed by atoms with van der Waals surface area (Å²) in [5, 5.41) is 3.06. The number of amidine groups is 1. The lowest BCUT2D eigenvalue weighted by Gasteiger charge is -2.27. The Morgan fingerprint density at radius 2 is 2.05 bits per heavy atom.